The van der Waals surface area contributed by atoms with E-state index in [1.54, 1.807) is 24.5 Å². The van der Waals surface area contributed by atoms with Crippen LogP contribution < -0.4 is 5.32 Å². The van der Waals surface area contributed by atoms with E-state index in [0.717, 1.165) is 11.3 Å². The van der Waals surface area contributed by atoms with Gasteiger partial charge in [-0.25, -0.2) is 0 Å². The van der Waals surface area contributed by atoms with Crippen LogP contribution >= 0.6 is 0 Å². The summed E-state index contributed by atoms with van der Waals surface area (Å²) in [7, 11) is 0. The number of nitrogens with one attached hydrogen (secondary N) is 1. The van der Waals surface area contributed by atoms with Crippen molar-refractivity contribution in [3.8, 4) is 6.07 Å². The quantitative estimate of drug-likeness (QED) is 0.844. The molecule has 0 saturated carbocycles. The van der Waals surface area contributed by atoms with Crippen LogP contribution in [0.1, 0.15) is 22.9 Å². The van der Waals surface area contributed by atoms with Gasteiger partial charge in [0.2, 0.25) is 0 Å². The third kappa shape index (κ3) is 3.82. The standard InChI is InChI=1S/C16H16N2O2/c17-11-14-7-5-13(6-8-14)3-1-9-18-15(12-19)16-4-2-10-20-16/h1-8,10,15,18-19H,9,12H2/b3-1+. The number of aliphatic hydroxyl groups is 1. The van der Waals surface area contributed by atoms with Gasteiger partial charge >= 0.3 is 0 Å². The van der Waals surface area contributed by atoms with Crippen molar-refractivity contribution in [1.29, 1.82) is 5.26 Å². The Labute approximate surface area is 118 Å². The van der Waals surface area contributed by atoms with Crippen molar-refractivity contribution in [1.82, 2.24) is 5.32 Å². The van der Waals surface area contributed by atoms with Crippen LogP contribution in [0.3, 0.4) is 0 Å². The van der Waals surface area contributed by atoms with Gasteiger partial charge < -0.3 is 14.8 Å². The molecule has 0 saturated heterocycles. The van der Waals surface area contributed by atoms with Crippen LogP contribution in [0.15, 0.2) is 53.2 Å². The average Bonchev–Trinajstić information content (AvgIpc) is 3.02. The highest BCUT2D eigenvalue weighted by molar-refractivity contribution is 5.51. The minimum absolute atomic E-state index is 0.0157. The van der Waals surface area contributed by atoms with Crippen molar-refractivity contribution in [2.45, 2.75) is 6.04 Å². The SMILES string of the molecule is N#Cc1ccc(/C=C/CNC(CO)c2ccco2)cc1. The predicted octanol–water partition coefficient (Wildman–Crippen LogP) is 2.49. The van der Waals surface area contributed by atoms with Gasteiger partial charge in [-0.1, -0.05) is 24.3 Å². The first kappa shape index (κ1) is 14.1. The Bertz CT molecular complexity index is 580. The topological polar surface area (TPSA) is 69.2 Å². The third-order valence-corrected chi connectivity index (χ3v) is 2.90. The van der Waals surface area contributed by atoms with Crippen LogP contribution in [0.5, 0.6) is 0 Å². The number of aliphatic hydroxyl groups excluding tert-OH is 1. The summed E-state index contributed by atoms with van der Waals surface area (Å²) in [5, 5.41) is 21.2. The zero-order valence-corrected chi connectivity index (χ0v) is 11.0. The Morgan fingerprint density at radius 3 is 2.70 bits per heavy atom. The molecule has 1 aromatic heterocycles. The highest BCUT2D eigenvalue weighted by Crippen LogP contribution is 2.12. The molecule has 2 N–H and O–H groups in total. The Balaban J connectivity index is 1.85. The Kier molecular flexibility index (Phi) is 5.13. The second-order valence-corrected chi connectivity index (χ2v) is 4.30. The van der Waals surface area contributed by atoms with E-state index in [9.17, 15) is 5.11 Å². The van der Waals surface area contributed by atoms with Crippen LogP contribution in [-0.2, 0) is 0 Å². The average molecular weight is 268 g/mol. The van der Waals surface area contributed by atoms with E-state index in [4.69, 9.17) is 9.68 Å². The molecule has 0 aliphatic carbocycles. The largest absolute Gasteiger partial charge is 0.468 e. The molecule has 0 aliphatic rings. The summed E-state index contributed by atoms with van der Waals surface area (Å²) in [5.74, 6) is 0.722. The van der Waals surface area contributed by atoms with Crippen LogP contribution in [0.4, 0.5) is 0 Å². The number of furan rings is 1. The molecule has 0 amide bonds. The third-order valence-electron chi connectivity index (χ3n) is 2.90. The molecule has 1 atom stereocenters. The van der Waals surface area contributed by atoms with Crippen LogP contribution in [-0.4, -0.2) is 18.3 Å². The van der Waals surface area contributed by atoms with Crippen molar-refractivity contribution in [3.63, 3.8) is 0 Å². The summed E-state index contributed by atoms with van der Waals surface area (Å²) in [6.07, 6.45) is 5.52. The van der Waals surface area contributed by atoms with Crippen molar-refractivity contribution < 1.29 is 9.52 Å². The minimum atomic E-state index is -0.199. The van der Waals surface area contributed by atoms with Gasteiger partial charge in [0.25, 0.3) is 0 Å². The maximum absolute atomic E-state index is 9.29. The molecule has 4 heteroatoms. The second-order valence-electron chi connectivity index (χ2n) is 4.30. The normalized spacial score (nSPS) is 12.4. The fourth-order valence-electron chi connectivity index (χ4n) is 1.82. The molecule has 0 fully saturated rings. The first-order valence-corrected chi connectivity index (χ1v) is 6.38. The molecule has 0 aliphatic heterocycles. The Morgan fingerprint density at radius 2 is 2.10 bits per heavy atom. The van der Waals surface area contributed by atoms with Gasteiger partial charge in [0.05, 0.1) is 30.5 Å². The number of hydrogen-bond donors (Lipinski definition) is 2. The summed E-state index contributed by atoms with van der Waals surface area (Å²) >= 11 is 0. The molecule has 0 radical (unpaired) electrons. The number of benzene rings is 1. The lowest BCUT2D eigenvalue weighted by atomic mass is 10.1. The summed E-state index contributed by atoms with van der Waals surface area (Å²) in [5.41, 5.74) is 1.68. The first-order valence-electron chi connectivity index (χ1n) is 6.38. The van der Waals surface area contributed by atoms with E-state index < -0.39 is 0 Å². The lowest BCUT2D eigenvalue weighted by Gasteiger charge is -2.11. The smallest absolute Gasteiger partial charge is 0.123 e. The maximum atomic E-state index is 9.29. The first-order chi connectivity index (χ1) is 9.83. The van der Waals surface area contributed by atoms with Crippen molar-refractivity contribution in [3.05, 3.63) is 65.6 Å². The predicted molar refractivity (Wildman–Crippen MR) is 76.7 cm³/mol. The summed E-state index contributed by atoms with van der Waals surface area (Å²) < 4.78 is 5.25. The maximum Gasteiger partial charge on any atom is 0.123 e. The lowest BCUT2D eigenvalue weighted by molar-refractivity contribution is 0.230. The van der Waals surface area contributed by atoms with Crippen molar-refractivity contribution >= 4 is 6.08 Å². The van der Waals surface area contributed by atoms with Crippen LogP contribution in [0, 0.1) is 11.3 Å². The van der Waals surface area contributed by atoms with E-state index in [2.05, 4.69) is 11.4 Å². The molecule has 1 heterocycles. The van der Waals surface area contributed by atoms with Gasteiger partial charge in [0, 0.05) is 6.54 Å². The van der Waals surface area contributed by atoms with E-state index in [1.807, 2.05) is 30.4 Å². The molecule has 20 heavy (non-hydrogen) atoms. The van der Waals surface area contributed by atoms with Crippen molar-refractivity contribution in [2.75, 3.05) is 13.2 Å². The molecule has 0 bridgehead atoms. The number of nitrogens with zero attached hydrogens (tertiary/aromatic N) is 1. The van der Waals surface area contributed by atoms with Gasteiger partial charge in [-0.3, -0.25) is 0 Å². The minimum Gasteiger partial charge on any atom is -0.468 e. The molecule has 1 unspecified atom stereocenters. The van der Waals surface area contributed by atoms with E-state index in [-0.39, 0.29) is 12.6 Å². The fourth-order valence-corrected chi connectivity index (χ4v) is 1.82. The summed E-state index contributed by atoms with van der Waals surface area (Å²) in [6.45, 7) is 0.601. The van der Waals surface area contributed by atoms with E-state index >= 15 is 0 Å². The van der Waals surface area contributed by atoms with Gasteiger partial charge in [-0.2, -0.15) is 5.26 Å². The monoisotopic (exact) mass is 268 g/mol. The molecular formula is C16H16N2O2. The highest BCUT2D eigenvalue weighted by atomic mass is 16.3. The molecule has 4 nitrogen and oxygen atoms in total. The number of hydrogen-bond acceptors (Lipinski definition) is 4. The number of nitriles is 1. The molecule has 1 aromatic carbocycles. The van der Waals surface area contributed by atoms with E-state index in [0.29, 0.717) is 12.1 Å². The van der Waals surface area contributed by atoms with Gasteiger partial charge in [-0.15, -0.1) is 0 Å². The van der Waals surface area contributed by atoms with Gasteiger partial charge in [0.15, 0.2) is 0 Å². The van der Waals surface area contributed by atoms with Crippen molar-refractivity contribution in [2.24, 2.45) is 0 Å². The highest BCUT2D eigenvalue weighted by Gasteiger charge is 2.10. The fraction of sp³-hybridized carbons (Fsp3) is 0.188. The zero-order chi connectivity index (χ0) is 14.2. The van der Waals surface area contributed by atoms with Crippen LogP contribution in [0.2, 0.25) is 0 Å². The molecule has 2 aromatic rings. The van der Waals surface area contributed by atoms with Gasteiger partial charge in [-0.05, 0) is 29.8 Å². The van der Waals surface area contributed by atoms with Gasteiger partial charge in [0.1, 0.15) is 5.76 Å². The molecule has 2 rings (SSSR count). The Hall–Kier alpha value is -2.35. The lowest BCUT2D eigenvalue weighted by Crippen LogP contribution is -2.23. The molecule has 102 valence electrons. The second kappa shape index (κ2) is 7.29. The summed E-state index contributed by atoms with van der Waals surface area (Å²) in [4.78, 5) is 0. The molecule has 0 spiro atoms. The Morgan fingerprint density at radius 1 is 1.30 bits per heavy atom. The molecular weight excluding hydrogens is 252 g/mol. The summed E-state index contributed by atoms with van der Waals surface area (Å²) in [6, 6.07) is 12.9. The van der Waals surface area contributed by atoms with Crippen LogP contribution in [0.25, 0.3) is 6.08 Å². The zero-order valence-electron chi connectivity index (χ0n) is 11.0. The van der Waals surface area contributed by atoms with E-state index in [1.165, 1.54) is 0 Å². The number of rotatable bonds is 6.